The van der Waals surface area contributed by atoms with Crippen molar-refractivity contribution in [2.45, 2.75) is 19.5 Å². The Hall–Kier alpha value is -1.23. The first-order chi connectivity index (χ1) is 8.06. The highest BCUT2D eigenvalue weighted by Crippen LogP contribution is 2.19. The second-order valence-corrected chi connectivity index (χ2v) is 4.47. The van der Waals surface area contributed by atoms with Crippen molar-refractivity contribution in [3.05, 3.63) is 35.0 Å². The summed E-state index contributed by atoms with van der Waals surface area (Å²) in [6.45, 7) is 2.09. The molecular formula is C12H15Cl2N3O. The van der Waals surface area contributed by atoms with E-state index in [1.54, 1.807) is 6.92 Å². The van der Waals surface area contributed by atoms with Gasteiger partial charge in [0.05, 0.1) is 12.6 Å². The molecule has 1 atom stereocenters. The number of hydrogen-bond donors (Lipinski definition) is 3. The zero-order valence-corrected chi connectivity index (χ0v) is 11.4. The Morgan fingerprint density at radius 2 is 2.22 bits per heavy atom. The van der Waals surface area contributed by atoms with E-state index in [-0.39, 0.29) is 18.3 Å². The largest absolute Gasteiger partial charge is 0.357 e. The van der Waals surface area contributed by atoms with E-state index in [4.69, 9.17) is 17.3 Å². The molecule has 6 heteroatoms. The van der Waals surface area contributed by atoms with Crippen LogP contribution in [0.5, 0.6) is 0 Å². The topological polar surface area (TPSA) is 70.9 Å². The quantitative estimate of drug-likeness (QED) is 0.810. The van der Waals surface area contributed by atoms with Crippen molar-refractivity contribution in [1.29, 1.82) is 0 Å². The Kier molecular flexibility index (Phi) is 5.02. The molecule has 0 aliphatic rings. The van der Waals surface area contributed by atoms with Crippen LogP contribution >= 0.6 is 24.0 Å². The molecular weight excluding hydrogens is 273 g/mol. The summed E-state index contributed by atoms with van der Waals surface area (Å²) in [6, 6.07) is 7.08. The van der Waals surface area contributed by atoms with Crippen molar-refractivity contribution >= 4 is 40.8 Å². The first-order valence-electron chi connectivity index (χ1n) is 5.36. The highest BCUT2D eigenvalue weighted by atomic mass is 35.5. The van der Waals surface area contributed by atoms with Gasteiger partial charge >= 0.3 is 0 Å². The minimum absolute atomic E-state index is 0. The Morgan fingerprint density at radius 3 is 2.89 bits per heavy atom. The zero-order valence-electron chi connectivity index (χ0n) is 9.87. The van der Waals surface area contributed by atoms with E-state index in [0.717, 1.165) is 16.6 Å². The van der Waals surface area contributed by atoms with Gasteiger partial charge in [0.25, 0.3) is 0 Å². The smallest absolute Gasteiger partial charge is 0.236 e. The molecule has 4 N–H and O–H groups in total. The predicted molar refractivity (Wildman–Crippen MR) is 76.1 cm³/mol. The number of carbonyl (C=O) groups is 1. The molecule has 1 heterocycles. The number of nitrogens with one attached hydrogen (secondary N) is 2. The van der Waals surface area contributed by atoms with Crippen LogP contribution in [-0.2, 0) is 11.3 Å². The highest BCUT2D eigenvalue weighted by Gasteiger charge is 2.07. The van der Waals surface area contributed by atoms with Gasteiger partial charge in [-0.1, -0.05) is 11.6 Å². The molecule has 0 saturated carbocycles. The zero-order chi connectivity index (χ0) is 12.4. The molecule has 2 rings (SSSR count). The third-order valence-corrected chi connectivity index (χ3v) is 2.74. The van der Waals surface area contributed by atoms with Crippen LogP contribution in [0, 0.1) is 0 Å². The van der Waals surface area contributed by atoms with Crippen LogP contribution in [0.4, 0.5) is 0 Å². The van der Waals surface area contributed by atoms with E-state index in [2.05, 4.69) is 10.3 Å². The van der Waals surface area contributed by atoms with Crippen molar-refractivity contribution < 1.29 is 4.79 Å². The third-order valence-electron chi connectivity index (χ3n) is 2.51. The first-order valence-corrected chi connectivity index (χ1v) is 5.74. The van der Waals surface area contributed by atoms with Gasteiger partial charge in [-0.15, -0.1) is 12.4 Å². The molecule has 18 heavy (non-hydrogen) atoms. The molecule has 1 aromatic carbocycles. The number of aromatic nitrogens is 1. The van der Waals surface area contributed by atoms with Gasteiger partial charge in [0, 0.05) is 21.6 Å². The van der Waals surface area contributed by atoms with E-state index in [0.29, 0.717) is 11.6 Å². The Morgan fingerprint density at radius 1 is 1.50 bits per heavy atom. The number of H-pyrrole nitrogens is 1. The molecule has 0 unspecified atom stereocenters. The average Bonchev–Trinajstić information content (AvgIpc) is 2.67. The Bertz CT molecular complexity index is 551. The van der Waals surface area contributed by atoms with E-state index < -0.39 is 6.04 Å². The van der Waals surface area contributed by atoms with Crippen molar-refractivity contribution in [3.63, 3.8) is 0 Å². The summed E-state index contributed by atoms with van der Waals surface area (Å²) in [4.78, 5) is 14.5. The maximum absolute atomic E-state index is 11.3. The normalized spacial score (nSPS) is 11.9. The molecule has 0 saturated heterocycles. The fraction of sp³-hybridized carbons (Fsp3) is 0.250. The SMILES string of the molecule is C[C@@H](N)C(=O)NCc1cc2cc(Cl)ccc2[nH]1.Cl. The molecule has 2 aromatic rings. The summed E-state index contributed by atoms with van der Waals surface area (Å²) in [5.41, 5.74) is 7.38. The van der Waals surface area contributed by atoms with Gasteiger partial charge in [0.2, 0.25) is 5.91 Å². The van der Waals surface area contributed by atoms with Crippen LogP contribution < -0.4 is 11.1 Å². The van der Waals surface area contributed by atoms with Gasteiger partial charge in [0.15, 0.2) is 0 Å². The molecule has 0 aliphatic heterocycles. The minimum Gasteiger partial charge on any atom is -0.357 e. The monoisotopic (exact) mass is 287 g/mol. The van der Waals surface area contributed by atoms with Crippen LogP contribution in [-0.4, -0.2) is 16.9 Å². The predicted octanol–water partition coefficient (Wildman–Crippen LogP) is 2.21. The number of amides is 1. The van der Waals surface area contributed by atoms with Crippen LogP contribution in [0.1, 0.15) is 12.6 Å². The van der Waals surface area contributed by atoms with E-state index in [9.17, 15) is 4.79 Å². The number of nitrogens with two attached hydrogens (primary N) is 1. The molecule has 0 spiro atoms. The fourth-order valence-electron chi connectivity index (χ4n) is 1.60. The van der Waals surface area contributed by atoms with Gasteiger partial charge in [-0.2, -0.15) is 0 Å². The van der Waals surface area contributed by atoms with Crippen LogP contribution in [0.15, 0.2) is 24.3 Å². The standard InChI is InChI=1S/C12H14ClN3O.ClH/c1-7(14)12(17)15-6-10-5-8-4-9(13)2-3-11(8)16-10;/h2-5,7,16H,6,14H2,1H3,(H,15,17);1H/t7-;/m1./s1. The summed E-state index contributed by atoms with van der Waals surface area (Å²) in [5, 5.41) is 4.47. The summed E-state index contributed by atoms with van der Waals surface area (Å²) < 4.78 is 0. The van der Waals surface area contributed by atoms with Gasteiger partial charge in [-0.05, 0) is 31.2 Å². The average molecular weight is 288 g/mol. The van der Waals surface area contributed by atoms with E-state index >= 15 is 0 Å². The summed E-state index contributed by atoms with van der Waals surface area (Å²) in [7, 11) is 0. The van der Waals surface area contributed by atoms with Gasteiger partial charge in [0.1, 0.15) is 0 Å². The van der Waals surface area contributed by atoms with Crippen LogP contribution in [0.3, 0.4) is 0 Å². The van der Waals surface area contributed by atoms with Crippen molar-refractivity contribution in [2.24, 2.45) is 5.73 Å². The summed E-state index contributed by atoms with van der Waals surface area (Å²) in [6.07, 6.45) is 0. The molecule has 1 amide bonds. The van der Waals surface area contributed by atoms with Crippen LogP contribution in [0.2, 0.25) is 5.02 Å². The van der Waals surface area contributed by atoms with E-state index in [1.807, 2.05) is 24.3 Å². The molecule has 0 bridgehead atoms. The molecule has 98 valence electrons. The number of halogens is 2. The highest BCUT2D eigenvalue weighted by molar-refractivity contribution is 6.31. The van der Waals surface area contributed by atoms with Crippen molar-refractivity contribution in [3.8, 4) is 0 Å². The molecule has 0 aliphatic carbocycles. The maximum Gasteiger partial charge on any atom is 0.236 e. The van der Waals surface area contributed by atoms with Crippen molar-refractivity contribution in [1.82, 2.24) is 10.3 Å². The molecule has 4 nitrogen and oxygen atoms in total. The second kappa shape index (κ2) is 6.09. The number of carbonyl (C=O) groups excluding carboxylic acids is 1. The minimum atomic E-state index is -0.492. The molecule has 0 radical (unpaired) electrons. The van der Waals surface area contributed by atoms with Gasteiger partial charge in [-0.3, -0.25) is 4.79 Å². The number of hydrogen-bond acceptors (Lipinski definition) is 2. The lowest BCUT2D eigenvalue weighted by Crippen LogP contribution is -2.37. The summed E-state index contributed by atoms with van der Waals surface area (Å²) in [5.74, 6) is -0.165. The fourth-order valence-corrected chi connectivity index (χ4v) is 1.78. The number of rotatable bonds is 3. The lowest BCUT2D eigenvalue weighted by Gasteiger charge is -2.05. The number of benzene rings is 1. The lowest BCUT2D eigenvalue weighted by molar-refractivity contribution is -0.122. The van der Waals surface area contributed by atoms with E-state index in [1.165, 1.54) is 0 Å². The molecule has 0 fully saturated rings. The Labute approximate surface area is 116 Å². The van der Waals surface area contributed by atoms with Gasteiger partial charge < -0.3 is 16.0 Å². The number of aromatic amines is 1. The lowest BCUT2D eigenvalue weighted by atomic mass is 10.2. The molecule has 1 aromatic heterocycles. The summed E-state index contributed by atoms with van der Waals surface area (Å²) >= 11 is 5.90. The van der Waals surface area contributed by atoms with Crippen molar-refractivity contribution in [2.75, 3.05) is 0 Å². The Balaban J connectivity index is 0.00000162. The third kappa shape index (κ3) is 3.38. The second-order valence-electron chi connectivity index (χ2n) is 4.03. The maximum atomic E-state index is 11.3. The van der Waals surface area contributed by atoms with Crippen LogP contribution in [0.25, 0.3) is 10.9 Å². The number of fused-ring (bicyclic) bond motifs is 1. The van der Waals surface area contributed by atoms with Gasteiger partial charge in [-0.25, -0.2) is 0 Å². The first kappa shape index (κ1) is 14.8.